The van der Waals surface area contributed by atoms with Crippen molar-refractivity contribution in [3.63, 3.8) is 0 Å². The van der Waals surface area contributed by atoms with Crippen molar-refractivity contribution in [3.05, 3.63) is 58.7 Å². The zero-order chi connectivity index (χ0) is 20.4. The molecule has 27 heavy (non-hydrogen) atoms. The topological polar surface area (TPSA) is 49.4 Å². The van der Waals surface area contributed by atoms with Crippen molar-refractivity contribution in [3.8, 4) is 0 Å². The van der Waals surface area contributed by atoms with Crippen LogP contribution in [0, 0.1) is 20.8 Å². The van der Waals surface area contributed by atoms with E-state index in [1.165, 1.54) is 12.5 Å². The van der Waals surface area contributed by atoms with Gasteiger partial charge in [0.15, 0.2) is 0 Å². The number of aryl methyl sites for hydroxylation is 3. The molecule has 0 saturated heterocycles. The third kappa shape index (κ3) is 5.19. The van der Waals surface area contributed by atoms with Gasteiger partial charge in [0.2, 0.25) is 11.8 Å². The summed E-state index contributed by atoms with van der Waals surface area (Å²) < 4.78 is 0. The van der Waals surface area contributed by atoms with Crippen LogP contribution < -0.4 is 10.2 Å². The summed E-state index contributed by atoms with van der Waals surface area (Å²) in [5.41, 5.74) is 5.93. The summed E-state index contributed by atoms with van der Waals surface area (Å²) in [4.78, 5) is 26.3. The van der Waals surface area contributed by atoms with Gasteiger partial charge in [0.25, 0.3) is 0 Å². The van der Waals surface area contributed by atoms with Crippen LogP contribution in [-0.4, -0.2) is 18.4 Å². The van der Waals surface area contributed by atoms with Crippen LogP contribution in [0.2, 0.25) is 0 Å². The first kappa shape index (κ1) is 20.7. The Kier molecular flexibility index (Phi) is 6.09. The SMILES string of the molecule is CC(=O)N(CC(=O)Nc1ccc(C(C)(C)C)cc1)c1c(C)cc(C)cc1C. The highest BCUT2D eigenvalue weighted by Gasteiger charge is 2.20. The minimum absolute atomic E-state index is 0.0128. The predicted octanol–water partition coefficient (Wildman–Crippen LogP) is 4.90. The van der Waals surface area contributed by atoms with Crippen molar-refractivity contribution in [2.75, 3.05) is 16.8 Å². The highest BCUT2D eigenvalue weighted by molar-refractivity contribution is 6.02. The molecule has 0 unspecified atom stereocenters. The Morgan fingerprint density at radius 1 is 0.963 bits per heavy atom. The number of hydrogen-bond acceptors (Lipinski definition) is 2. The molecule has 2 aromatic carbocycles. The Balaban J connectivity index is 2.18. The molecule has 1 N–H and O–H groups in total. The third-order valence-electron chi connectivity index (χ3n) is 4.62. The second kappa shape index (κ2) is 7.95. The fraction of sp³-hybridized carbons (Fsp3) is 0.391. The number of anilines is 2. The van der Waals surface area contributed by atoms with E-state index in [1.54, 1.807) is 4.90 Å². The minimum Gasteiger partial charge on any atom is -0.325 e. The summed E-state index contributed by atoms with van der Waals surface area (Å²) in [6.07, 6.45) is 0. The lowest BCUT2D eigenvalue weighted by molar-refractivity contribution is -0.120. The second-order valence-electron chi connectivity index (χ2n) is 8.23. The van der Waals surface area contributed by atoms with Crippen LogP contribution in [0.4, 0.5) is 11.4 Å². The van der Waals surface area contributed by atoms with E-state index in [-0.39, 0.29) is 23.8 Å². The lowest BCUT2D eigenvalue weighted by Crippen LogP contribution is -2.37. The standard InChI is InChI=1S/C23H30N2O2/c1-15-12-16(2)22(17(3)13-15)25(18(4)26)14-21(27)24-20-10-8-19(9-11-20)23(5,6)7/h8-13H,14H2,1-7H3,(H,24,27). The van der Waals surface area contributed by atoms with E-state index in [4.69, 9.17) is 0 Å². The van der Waals surface area contributed by atoms with Crippen molar-refractivity contribution in [1.82, 2.24) is 0 Å². The fourth-order valence-corrected chi connectivity index (χ4v) is 3.34. The molecule has 0 atom stereocenters. The van der Waals surface area contributed by atoms with Crippen molar-refractivity contribution in [2.45, 2.75) is 53.9 Å². The average Bonchev–Trinajstić information content (AvgIpc) is 2.52. The van der Waals surface area contributed by atoms with Crippen LogP contribution in [0.1, 0.15) is 49.9 Å². The zero-order valence-corrected chi connectivity index (χ0v) is 17.4. The third-order valence-corrected chi connectivity index (χ3v) is 4.62. The van der Waals surface area contributed by atoms with Gasteiger partial charge in [-0.15, -0.1) is 0 Å². The van der Waals surface area contributed by atoms with Gasteiger partial charge >= 0.3 is 0 Å². The van der Waals surface area contributed by atoms with Gasteiger partial charge in [-0.2, -0.15) is 0 Å². The molecule has 0 radical (unpaired) electrons. The smallest absolute Gasteiger partial charge is 0.244 e. The molecule has 4 heteroatoms. The van der Waals surface area contributed by atoms with Gasteiger partial charge in [-0.1, -0.05) is 50.6 Å². The molecule has 4 nitrogen and oxygen atoms in total. The van der Waals surface area contributed by atoms with E-state index in [0.29, 0.717) is 0 Å². The summed E-state index contributed by atoms with van der Waals surface area (Å²) in [7, 11) is 0. The van der Waals surface area contributed by atoms with Gasteiger partial charge in [0, 0.05) is 12.6 Å². The second-order valence-corrected chi connectivity index (χ2v) is 8.23. The maximum absolute atomic E-state index is 12.6. The molecule has 0 aliphatic rings. The molecule has 0 heterocycles. The van der Waals surface area contributed by atoms with Gasteiger partial charge in [0.05, 0.1) is 5.69 Å². The zero-order valence-electron chi connectivity index (χ0n) is 17.4. The van der Waals surface area contributed by atoms with Crippen LogP contribution in [0.5, 0.6) is 0 Å². The number of nitrogens with one attached hydrogen (secondary N) is 1. The monoisotopic (exact) mass is 366 g/mol. The lowest BCUT2D eigenvalue weighted by Gasteiger charge is -2.25. The molecular formula is C23H30N2O2. The largest absolute Gasteiger partial charge is 0.325 e. The van der Waals surface area contributed by atoms with E-state index in [2.05, 4.69) is 26.1 Å². The number of carbonyl (C=O) groups excluding carboxylic acids is 2. The van der Waals surface area contributed by atoms with Crippen molar-refractivity contribution in [1.29, 1.82) is 0 Å². The van der Waals surface area contributed by atoms with Gasteiger partial charge in [0.1, 0.15) is 6.54 Å². The van der Waals surface area contributed by atoms with Gasteiger partial charge < -0.3 is 10.2 Å². The number of carbonyl (C=O) groups is 2. The molecule has 2 amide bonds. The first-order valence-electron chi connectivity index (χ1n) is 9.25. The summed E-state index contributed by atoms with van der Waals surface area (Å²) >= 11 is 0. The van der Waals surface area contributed by atoms with E-state index in [0.717, 1.165) is 28.1 Å². The highest BCUT2D eigenvalue weighted by atomic mass is 16.2. The molecule has 0 saturated carbocycles. The average molecular weight is 367 g/mol. The van der Waals surface area contributed by atoms with Crippen LogP contribution in [0.3, 0.4) is 0 Å². The van der Waals surface area contributed by atoms with E-state index >= 15 is 0 Å². The van der Waals surface area contributed by atoms with Crippen molar-refractivity contribution in [2.24, 2.45) is 0 Å². The molecule has 0 aromatic heterocycles. The van der Waals surface area contributed by atoms with Crippen LogP contribution >= 0.6 is 0 Å². The van der Waals surface area contributed by atoms with Crippen LogP contribution in [0.25, 0.3) is 0 Å². The number of rotatable bonds is 4. The summed E-state index contributed by atoms with van der Waals surface area (Å²) in [5.74, 6) is -0.364. The predicted molar refractivity (Wildman–Crippen MR) is 112 cm³/mol. The van der Waals surface area contributed by atoms with E-state index < -0.39 is 0 Å². The van der Waals surface area contributed by atoms with E-state index in [1.807, 2.05) is 57.2 Å². The maximum Gasteiger partial charge on any atom is 0.244 e. The Morgan fingerprint density at radius 2 is 1.48 bits per heavy atom. The lowest BCUT2D eigenvalue weighted by atomic mass is 9.87. The fourth-order valence-electron chi connectivity index (χ4n) is 3.34. The highest BCUT2D eigenvalue weighted by Crippen LogP contribution is 2.27. The van der Waals surface area contributed by atoms with Crippen LogP contribution in [0.15, 0.2) is 36.4 Å². The van der Waals surface area contributed by atoms with Crippen molar-refractivity contribution >= 4 is 23.2 Å². The first-order chi connectivity index (χ1) is 12.5. The number of hydrogen-bond donors (Lipinski definition) is 1. The number of amides is 2. The molecule has 0 spiro atoms. The molecule has 2 aromatic rings. The molecule has 0 aliphatic heterocycles. The normalized spacial score (nSPS) is 11.2. The molecule has 0 aliphatic carbocycles. The molecular weight excluding hydrogens is 336 g/mol. The quantitative estimate of drug-likeness (QED) is 0.836. The summed E-state index contributed by atoms with van der Waals surface area (Å²) in [6, 6.07) is 11.9. The number of nitrogens with zero attached hydrogens (tertiary/aromatic N) is 1. The Hall–Kier alpha value is -2.62. The first-order valence-corrected chi connectivity index (χ1v) is 9.25. The van der Waals surface area contributed by atoms with Gasteiger partial charge in [-0.3, -0.25) is 9.59 Å². The van der Waals surface area contributed by atoms with Crippen molar-refractivity contribution < 1.29 is 9.59 Å². The minimum atomic E-state index is -0.215. The molecule has 0 fully saturated rings. The maximum atomic E-state index is 12.6. The molecule has 2 rings (SSSR count). The molecule has 144 valence electrons. The Labute approximate surface area is 162 Å². The molecule has 0 bridgehead atoms. The van der Waals surface area contributed by atoms with Gasteiger partial charge in [-0.25, -0.2) is 0 Å². The summed E-state index contributed by atoms with van der Waals surface area (Å²) in [6.45, 7) is 13.9. The van der Waals surface area contributed by atoms with Gasteiger partial charge in [-0.05, 0) is 55.0 Å². The van der Waals surface area contributed by atoms with E-state index in [9.17, 15) is 9.59 Å². The van der Waals surface area contributed by atoms with Crippen LogP contribution in [-0.2, 0) is 15.0 Å². The summed E-state index contributed by atoms with van der Waals surface area (Å²) in [5, 5.41) is 2.89. The Bertz CT molecular complexity index is 823. The Morgan fingerprint density at radius 3 is 1.93 bits per heavy atom. The number of benzene rings is 2.